The Bertz CT molecular complexity index is 749. The highest BCUT2D eigenvalue weighted by molar-refractivity contribution is 7.89. The molecule has 1 aromatic heterocycles. The summed E-state index contributed by atoms with van der Waals surface area (Å²) in [6.45, 7) is 6.27. The number of sulfonamides is 1. The van der Waals surface area contributed by atoms with Gasteiger partial charge in [0.1, 0.15) is 0 Å². The number of anilines is 1. The first-order valence-corrected chi connectivity index (χ1v) is 9.52. The van der Waals surface area contributed by atoms with Crippen molar-refractivity contribution in [3.8, 4) is 0 Å². The molecule has 5 nitrogen and oxygen atoms in total. The van der Waals surface area contributed by atoms with Crippen molar-refractivity contribution >= 4 is 26.5 Å². The zero-order chi connectivity index (χ0) is 15.7. The summed E-state index contributed by atoms with van der Waals surface area (Å²) in [4.78, 5) is 6.81. The van der Waals surface area contributed by atoms with E-state index in [9.17, 15) is 8.42 Å². The first kappa shape index (κ1) is 15.5. The van der Waals surface area contributed by atoms with E-state index in [4.69, 9.17) is 0 Å². The minimum Gasteiger partial charge on any atom is -0.345 e. The van der Waals surface area contributed by atoms with E-state index in [1.165, 1.54) is 0 Å². The maximum atomic E-state index is 12.7. The van der Waals surface area contributed by atoms with Crippen LogP contribution in [0.2, 0.25) is 0 Å². The lowest BCUT2D eigenvalue weighted by molar-refractivity contribution is 0.384. The average molecular weight is 337 g/mol. The topological polar surface area (TPSA) is 53.5 Å². The largest absolute Gasteiger partial charge is 0.345 e. The molecule has 7 heteroatoms. The minimum absolute atomic E-state index is 0.387. The highest BCUT2D eigenvalue weighted by Crippen LogP contribution is 2.23. The van der Waals surface area contributed by atoms with Crippen molar-refractivity contribution in [2.75, 3.05) is 31.1 Å². The fourth-order valence-corrected chi connectivity index (χ4v) is 4.72. The first-order valence-electron chi connectivity index (χ1n) is 7.20. The molecular formula is C15H19N3O2S2. The molecule has 2 heterocycles. The molecule has 0 atom stereocenters. The van der Waals surface area contributed by atoms with Gasteiger partial charge >= 0.3 is 0 Å². The molecule has 118 valence electrons. The van der Waals surface area contributed by atoms with Gasteiger partial charge in [0.2, 0.25) is 10.0 Å². The SMILES string of the molecule is Cc1ccc(S(=O)(=O)N2CCN(c3nccs3)CC2)cc1C. The van der Waals surface area contributed by atoms with Crippen LogP contribution in [0, 0.1) is 13.8 Å². The van der Waals surface area contributed by atoms with E-state index >= 15 is 0 Å². The highest BCUT2D eigenvalue weighted by atomic mass is 32.2. The smallest absolute Gasteiger partial charge is 0.243 e. The Morgan fingerprint density at radius 1 is 1.09 bits per heavy atom. The molecule has 3 rings (SSSR count). The zero-order valence-electron chi connectivity index (χ0n) is 12.7. The van der Waals surface area contributed by atoms with Crippen molar-refractivity contribution in [2.24, 2.45) is 0 Å². The summed E-state index contributed by atoms with van der Waals surface area (Å²) in [5.74, 6) is 0. The number of benzene rings is 1. The lowest BCUT2D eigenvalue weighted by atomic mass is 10.1. The van der Waals surface area contributed by atoms with Gasteiger partial charge in [0, 0.05) is 37.8 Å². The van der Waals surface area contributed by atoms with Crippen molar-refractivity contribution in [3.63, 3.8) is 0 Å². The van der Waals surface area contributed by atoms with Crippen molar-refractivity contribution in [3.05, 3.63) is 40.9 Å². The van der Waals surface area contributed by atoms with Gasteiger partial charge in [-0.1, -0.05) is 6.07 Å². The van der Waals surface area contributed by atoms with Gasteiger partial charge in [-0.25, -0.2) is 13.4 Å². The third-order valence-electron chi connectivity index (χ3n) is 4.04. The third kappa shape index (κ3) is 2.88. The lowest BCUT2D eigenvalue weighted by Crippen LogP contribution is -2.48. The van der Waals surface area contributed by atoms with Crippen molar-refractivity contribution in [2.45, 2.75) is 18.7 Å². The van der Waals surface area contributed by atoms with Crippen molar-refractivity contribution < 1.29 is 8.42 Å². The van der Waals surface area contributed by atoms with E-state index in [1.54, 1.807) is 34.0 Å². The van der Waals surface area contributed by atoms with Crippen LogP contribution in [0.5, 0.6) is 0 Å². The van der Waals surface area contributed by atoms with Gasteiger partial charge in [-0.2, -0.15) is 4.31 Å². The van der Waals surface area contributed by atoms with E-state index < -0.39 is 10.0 Å². The molecule has 0 spiro atoms. The van der Waals surface area contributed by atoms with Crippen LogP contribution in [-0.4, -0.2) is 43.9 Å². The van der Waals surface area contributed by atoms with Crippen LogP contribution < -0.4 is 4.90 Å². The van der Waals surface area contributed by atoms with Gasteiger partial charge in [-0.15, -0.1) is 11.3 Å². The predicted octanol–water partition coefficient (Wildman–Crippen LogP) is 2.27. The Morgan fingerprint density at radius 3 is 2.41 bits per heavy atom. The standard InChI is InChI=1S/C15H19N3O2S2/c1-12-3-4-14(11-13(12)2)22(19,20)18-8-6-17(7-9-18)15-16-5-10-21-15/h3-5,10-11H,6-9H2,1-2H3. The van der Waals surface area contributed by atoms with Gasteiger partial charge in [0.15, 0.2) is 5.13 Å². The second kappa shape index (κ2) is 5.98. The van der Waals surface area contributed by atoms with Crippen molar-refractivity contribution in [1.29, 1.82) is 0 Å². The Labute approximate surface area is 135 Å². The summed E-state index contributed by atoms with van der Waals surface area (Å²) in [6.07, 6.45) is 1.78. The summed E-state index contributed by atoms with van der Waals surface area (Å²) in [6, 6.07) is 5.33. The van der Waals surface area contributed by atoms with E-state index in [2.05, 4.69) is 9.88 Å². The van der Waals surface area contributed by atoms with Crippen LogP contribution in [0.4, 0.5) is 5.13 Å². The number of hydrogen-bond donors (Lipinski definition) is 0. The number of piperazine rings is 1. The van der Waals surface area contributed by atoms with Gasteiger partial charge in [-0.05, 0) is 37.1 Å². The van der Waals surface area contributed by atoms with Gasteiger partial charge < -0.3 is 4.90 Å². The quantitative estimate of drug-likeness (QED) is 0.862. The molecule has 22 heavy (non-hydrogen) atoms. The fraction of sp³-hybridized carbons (Fsp3) is 0.400. The normalized spacial score (nSPS) is 16.9. The van der Waals surface area contributed by atoms with E-state index in [1.807, 2.05) is 25.3 Å². The molecule has 1 saturated heterocycles. The Balaban J connectivity index is 1.75. The number of aromatic nitrogens is 1. The highest BCUT2D eigenvalue weighted by Gasteiger charge is 2.29. The van der Waals surface area contributed by atoms with E-state index in [-0.39, 0.29) is 0 Å². The van der Waals surface area contributed by atoms with E-state index in [0.29, 0.717) is 31.1 Å². The molecule has 0 aliphatic carbocycles. The molecule has 0 saturated carbocycles. The Kier molecular flexibility index (Phi) is 4.20. The summed E-state index contributed by atoms with van der Waals surface area (Å²) in [5.41, 5.74) is 2.11. The second-order valence-corrected chi connectivity index (χ2v) is 8.26. The lowest BCUT2D eigenvalue weighted by Gasteiger charge is -2.33. The van der Waals surface area contributed by atoms with Crippen molar-refractivity contribution in [1.82, 2.24) is 9.29 Å². The van der Waals surface area contributed by atoms with Gasteiger partial charge in [0.25, 0.3) is 0 Å². The third-order valence-corrected chi connectivity index (χ3v) is 6.77. The molecule has 1 aliphatic rings. The minimum atomic E-state index is -3.40. The molecule has 0 N–H and O–H groups in total. The van der Waals surface area contributed by atoms with Crippen LogP contribution in [0.25, 0.3) is 0 Å². The van der Waals surface area contributed by atoms with Crippen LogP contribution in [0.15, 0.2) is 34.7 Å². The fourth-order valence-electron chi connectivity index (χ4n) is 2.52. The number of hydrogen-bond acceptors (Lipinski definition) is 5. The summed E-state index contributed by atoms with van der Waals surface area (Å²) in [7, 11) is -3.40. The number of aryl methyl sites for hydroxylation is 2. The van der Waals surface area contributed by atoms with Gasteiger partial charge in [-0.3, -0.25) is 0 Å². The predicted molar refractivity (Wildman–Crippen MR) is 89.0 cm³/mol. The van der Waals surface area contributed by atoms with Gasteiger partial charge in [0.05, 0.1) is 4.90 Å². The molecule has 0 bridgehead atoms. The van der Waals surface area contributed by atoms with Crippen LogP contribution in [0.3, 0.4) is 0 Å². The maximum Gasteiger partial charge on any atom is 0.243 e. The molecule has 0 unspecified atom stereocenters. The Morgan fingerprint density at radius 2 is 1.82 bits per heavy atom. The van der Waals surface area contributed by atoms with Crippen LogP contribution in [0.1, 0.15) is 11.1 Å². The summed E-state index contributed by atoms with van der Waals surface area (Å²) >= 11 is 1.58. The molecular weight excluding hydrogens is 318 g/mol. The first-order chi connectivity index (χ1) is 10.5. The summed E-state index contributed by atoms with van der Waals surface area (Å²) in [5, 5.41) is 2.90. The van der Waals surface area contributed by atoms with Crippen LogP contribution in [-0.2, 0) is 10.0 Å². The molecule has 0 radical (unpaired) electrons. The number of thiazole rings is 1. The molecule has 2 aromatic rings. The van der Waals surface area contributed by atoms with E-state index in [0.717, 1.165) is 16.3 Å². The Hall–Kier alpha value is -1.44. The monoisotopic (exact) mass is 337 g/mol. The second-order valence-electron chi connectivity index (χ2n) is 5.45. The number of nitrogens with zero attached hydrogens (tertiary/aromatic N) is 3. The summed E-state index contributed by atoms with van der Waals surface area (Å²) < 4.78 is 27.0. The van der Waals surface area contributed by atoms with Crippen LogP contribution >= 0.6 is 11.3 Å². The molecule has 1 fully saturated rings. The number of rotatable bonds is 3. The maximum absolute atomic E-state index is 12.7. The zero-order valence-corrected chi connectivity index (χ0v) is 14.3. The molecule has 0 amide bonds. The molecule has 1 aromatic carbocycles. The molecule has 1 aliphatic heterocycles. The average Bonchev–Trinajstić information content (AvgIpc) is 3.04.